The van der Waals surface area contributed by atoms with Crippen molar-refractivity contribution in [3.63, 3.8) is 0 Å². The van der Waals surface area contributed by atoms with Crippen molar-refractivity contribution in [1.82, 2.24) is 0 Å². The molecule has 4 aliphatic rings. The van der Waals surface area contributed by atoms with E-state index in [0.29, 0.717) is 19.4 Å². The van der Waals surface area contributed by atoms with Crippen LogP contribution in [0.1, 0.15) is 60.3 Å². The quantitative estimate of drug-likeness (QED) is 0.551. The second kappa shape index (κ2) is 9.08. The normalized spacial score (nSPS) is 43.3. The van der Waals surface area contributed by atoms with Crippen LogP contribution in [-0.4, -0.2) is 57.8 Å². The summed E-state index contributed by atoms with van der Waals surface area (Å²) in [5, 5.41) is 31.9. The molecule has 3 N–H and O–H groups in total. The van der Waals surface area contributed by atoms with E-state index in [1.807, 2.05) is 13.0 Å². The fourth-order valence-corrected chi connectivity index (χ4v) is 7.55. The number of ether oxygens (including phenoxy) is 1. The molecule has 7 heteroatoms. The minimum atomic E-state index is -1.57. The van der Waals surface area contributed by atoms with Gasteiger partial charge in [-0.25, -0.2) is 0 Å². The molecular weight excluding hydrogens is 424 g/mol. The van der Waals surface area contributed by atoms with Gasteiger partial charge in [-0.2, -0.15) is 0 Å². The number of ketones is 2. The topological polar surface area (TPSA) is 121 Å². The van der Waals surface area contributed by atoms with Gasteiger partial charge in [-0.3, -0.25) is 14.4 Å². The van der Waals surface area contributed by atoms with Crippen LogP contribution in [0.25, 0.3) is 0 Å². The molecule has 0 amide bonds. The molecular formula is C26H38O7. The number of aliphatic hydroxyl groups is 3. The number of aliphatic hydroxyl groups excluding tert-OH is 2. The van der Waals surface area contributed by atoms with Gasteiger partial charge >= 0.3 is 5.97 Å². The molecule has 0 aromatic rings. The third kappa shape index (κ3) is 4.02. The van der Waals surface area contributed by atoms with Crippen molar-refractivity contribution in [2.75, 3.05) is 13.2 Å². The van der Waals surface area contributed by atoms with E-state index >= 15 is 0 Å². The van der Waals surface area contributed by atoms with Gasteiger partial charge in [0.05, 0.1) is 12.7 Å². The van der Waals surface area contributed by atoms with Crippen LogP contribution < -0.4 is 0 Å². The van der Waals surface area contributed by atoms with Crippen LogP contribution in [0, 0.1) is 34.5 Å². The van der Waals surface area contributed by atoms with Gasteiger partial charge in [-0.05, 0) is 62.5 Å². The molecule has 3 saturated carbocycles. The lowest BCUT2D eigenvalue weighted by molar-refractivity contribution is -0.180. The molecule has 8 atom stereocenters. The zero-order chi connectivity index (χ0) is 24.8. The lowest BCUT2D eigenvalue weighted by Crippen LogP contribution is -2.62. The third-order valence-electron chi connectivity index (χ3n) is 8.92. The van der Waals surface area contributed by atoms with Crippen molar-refractivity contribution < 1.29 is 34.4 Å². The lowest BCUT2D eigenvalue weighted by Gasteiger charge is -2.60. The zero-order valence-electron chi connectivity index (χ0n) is 20.3. The highest BCUT2D eigenvalue weighted by Crippen LogP contribution is 2.67. The molecule has 7 nitrogen and oxygen atoms in total. The minimum absolute atomic E-state index is 0.00620. The SMILES string of the molecule is CCOC(C)=O.C[C@H]1C[C@@H]2[C@H]([C@@H](O)C[C@@]3(C)[C@H]2CC[C@]3(O)C(=O)CO)[C@@]2(C)C=CC(=O)C=C12. The summed E-state index contributed by atoms with van der Waals surface area (Å²) in [7, 11) is 0. The molecule has 0 bridgehead atoms. The Kier molecular flexibility index (Phi) is 7.10. The number of esters is 1. The van der Waals surface area contributed by atoms with Crippen molar-refractivity contribution >= 4 is 17.5 Å². The van der Waals surface area contributed by atoms with Gasteiger partial charge in [0, 0.05) is 23.7 Å². The Hall–Kier alpha value is -1.83. The van der Waals surface area contributed by atoms with Gasteiger partial charge < -0.3 is 20.1 Å². The highest BCUT2D eigenvalue weighted by molar-refractivity contribution is 6.01. The molecule has 4 rings (SSSR count). The average Bonchev–Trinajstić information content (AvgIpc) is 3.00. The van der Waals surface area contributed by atoms with E-state index in [1.54, 1.807) is 19.1 Å². The van der Waals surface area contributed by atoms with Gasteiger partial charge in [0.15, 0.2) is 11.6 Å². The molecule has 0 radical (unpaired) electrons. The second-order valence-corrected chi connectivity index (χ2v) is 10.6. The van der Waals surface area contributed by atoms with Crippen LogP contribution >= 0.6 is 0 Å². The Morgan fingerprint density at radius 2 is 1.94 bits per heavy atom. The van der Waals surface area contributed by atoms with Crippen molar-refractivity contribution in [3.05, 3.63) is 23.8 Å². The number of Topliss-reactive ketones (excluding diaryl/α,β-unsaturated/α-hetero) is 1. The van der Waals surface area contributed by atoms with E-state index in [4.69, 9.17) is 0 Å². The van der Waals surface area contributed by atoms with Crippen LogP contribution in [0.15, 0.2) is 23.8 Å². The molecule has 4 aliphatic carbocycles. The summed E-state index contributed by atoms with van der Waals surface area (Å²) in [5.41, 5.74) is -1.59. The summed E-state index contributed by atoms with van der Waals surface area (Å²) in [6.45, 7) is 9.14. The highest BCUT2D eigenvalue weighted by Gasteiger charge is 2.68. The van der Waals surface area contributed by atoms with Crippen LogP contribution in [0.2, 0.25) is 0 Å². The van der Waals surface area contributed by atoms with Crippen LogP contribution in [0.4, 0.5) is 0 Å². The largest absolute Gasteiger partial charge is 0.466 e. The molecule has 3 fully saturated rings. The fraction of sp³-hybridized carbons (Fsp3) is 0.731. The summed E-state index contributed by atoms with van der Waals surface area (Å²) in [6, 6.07) is 0. The molecule has 33 heavy (non-hydrogen) atoms. The van der Waals surface area contributed by atoms with Crippen LogP contribution in [-0.2, 0) is 19.1 Å². The third-order valence-corrected chi connectivity index (χ3v) is 8.92. The zero-order valence-corrected chi connectivity index (χ0v) is 20.3. The minimum Gasteiger partial charge on any atom is -0.466 e. The van der Waals surface area contributed by atoms with E-state index < -0.39 is 29.5 Å². The maximum absolute atomic E-state index is 12.4. The fourth-order valence-electron chi connectivity index (χ4n) is 7.55. The molecule has 0 saturated heterocycles. The summed E-state index contributed by atoms with van der Waals surface area (Å²) < 4.78 is 4.40. The van der Waals surface area contributed by atoms with Gasteiger partial charge in [0.25, 0.3) is 0 Å². The predicted octanol–water partition coefficient (Wildman–Crippen LogP) is 2.37. The Morgan fingerprint density at radius 3 is 2.48 bits per heavy atom. The molecule has 0 aromatic heterocycles. The molecule has 0 aliphatic heterocycles. The maximum atomic E-state index is 12.4. The summed E-state index contributed by atoms with van der Waals surface area (Å²) in [4.78, 5) is 34.2. The smallest absolute Gasteiger partial charge is 0.302 e. The van der Waals surface area contributed by atoms with Crippen molar-refractivity contribution in [1.29, 1.82) is 0 Å². The molecule has 0 heterocycles. The first-order chi connectivity index (χ1) is 15.4. The van der Waals surface area contributed by atoms with E-state index in [-0.39, 0.29) is 40.8 Å². The summed E-state index contributed by atoms with van der Waals surface area (Å²) >= 11 is 0. The van der Waals surface area contributed by atoms with Crippen molar-refractivity contribution in [2.24, 2.45) is 34.5 Å². The van der Waals surface area contributed by atoms with Gasteiger partial charge in [-0.15, -0.1) is 0 Å². The number of fused-ring (bicyclic) bond motifs is 5. The first kappa shape index (κ1) is 25.8. The number of carbonyl (C=O) groups excluding carboxylic acids is 3. The lowest BCUT2D eigenvalue weighted by atomic mass is 9.45. The Bertz CT molecular complexity index is 876. The van der Waals surface area contributed by atoms with Gasteiger partial charge in [-0.1, -0.05) is 32.4 Å². The average molecular weight is 463 g/mol. The summed E-state index contributed by atoms with van der Waals surface area (Å²) in [5.74, 6) is -0.287. The maximum Gasteiger partial charge on any atom is 0.302 e. The Morgan fingerprint density at radius 1 is 1.27 bits per heavy atom. The number of rotatable bonds is 3. The van der Waals surface area contributed by atoms with Crippen LogP contribution in [0.5, 0.6) is 0 Å². The second-order valence-electron chi connectivity index (χ2n) is 10.6. The van der Waals surface area contributed by atoms with Crippen molar-refractivity contribution in [2.45, 2.75) is 72.0 Å². The molecule has 0 spiro atoms. The number of hydrogen-bond donors (Lipinski definition) is 3. The van der Waals surface area contributed by atoms with Crippen LogP contribution in [0.3, 0.4) is 0 Å². The molecule has 184 valence electrons. The van der Waals surface area contributed by atoms with Gasteiger partial charge in [0.1, 0.15) is 12.2 Å². The standard InChI is InChI=1S/C22H30O5.C4H8O2/c1-12-8-14-15-5-7-22(27,18(26)11-23)21(15,3)10-17(25)19(14)20(2)6-4-13(24)9-16(12)20;1-3-6-4(2)5/h4,6,9,12,14-15,17,19,23,25,27H,5,7-8,10-11H2,1-3H3;3H2,1-2H3/t12-,14-,15-,17-,19+,20-,21-,22-;/m0./s1. The van der Waals surface area contributed by atoms with E-state index in [1.165, 1.54) is 6.92 Å². The first-order valence-corrected chi connectivity index (χ1v) is 12.0. The Labute approximate surface area is 195 Å². The number of hydrogen-bond acceptors (Lipinski definition) is 7. The molecule has 0 unspecified atom stereocenters. The first-order valence-electron chi connectivity index (χ1n) is 12.0. The van der Waals surface area contributed by atoms with E-state index in [2.05, 4.69) is 18.6 Å². The predicted molar refractivity (Wildman–Crippen MR) is 122 cm³/mol. The monoisotopic (exact) mass is 462 g/mol. The van der Waals surface area contributed by atoms with E-state index in [9.17, 15) is 29.7 Å². The van der Waals surface area contributed by atoms with E-state index in [0.717, 1.165) is 18.4 Å². The highest BCUT2D eigenvalue weighted by atomic mass is 16.5. The summed E-state index contributed by atoms with van der Waals surface area (Å²) in [6.07, 6.45) is 6.87. The van der Waals surface area contributed by atoms with Crippen molar-refractivity contribution in [3.8, 4) is 0 Å². The number of allylic oxidation sites excluding steroid dienone is 4. The van der Waals surface area contributed by atoms with Gasteiger partial charge in [0.2, 0.25) is 0 Å². The Balaban J connectivity index is 0.000000454. The number of carbonyl (C=O) groups is 3. The molecule has 0 aromatic carbocycles.